The molecule has 2 aromatic heterocycles. The molecule has 0 saturated heterocycles. The summed E-state index contributed by atoms with van der Waals surface area (Å²) in [6, 6.07) is 9.88. The van der Waals surface area contributed by atoms with Crippen LogP contribution in [0.5, 0.6) is 5.75 Å². The molecule has 0 atom stereocenters. The molecule has 0 radical (unpaired) electrons. The van der Waals surface area contributed by atoms with Gasteiger partial charge in [-0.15, -0.1) is 11.3 Å². The van der Waals surface area contributed by atoms with Crippen molar-refractivity contribution in [1.82, 2.24) is 4.98 Å². The summed E-state index contributed by atoms with van der Waals surface area (Å²) >= 11 is 1.61. The molecule has 3 nitrogen and oxygen atoms in total. The minimum atomic E-state index is -0.0335. The Morgan fingerprint density at radius 1 is 1.26 bits per heavy atom. The van der Waals surface area contributed by atoms with Crippen LogP contribution >= 0.6 is 11.3 Å². The van der Waals surface area contributed by atoms with Gasteiger partial charge in [0.05, 0.1) is 24.1 Å². The first-order valence-electron chi connectivity index (χ1n) is 5.94. The van der Waals surface area contributed by atoms with Crippen molar-refractivity contribution in [3.05, 3.63) is 47.5 Å². The van der Waals surface area contributed by atoms with E-state index < -0.39 is 0 Å². The van der Waals surface area contributed by atoms with E-state index in [1.807, 2.05) is 35.7 Å². The Kier molecular flexibility index (Phi) is 3.19. The van der Waals surface area contributed by atoms with Crippen molar-refractivity contribution in [1.29, 1.82) is 0 Å². The third kappa shape index (κ3) is 1.99. The van der Waals surface area contributed by atoms with Crippen LogP contribution in [0.15, 0.2) is 41.9 Å². The Hall–Kier alpha value is -1.91. The van der Waals surface area contributed by atoms with Crippen LogP contribution in [0.25, 0.3) is 21.3 Å². The molecule has 3 aromatic rings. The average molecular weight is 271 g/mol. The Bertz CT molecular complexity index is 721. The molecule has 0 unspecified atom stereocenters. The number of thiophene rings is 1. The highest BCUT2D eigenvalue weighted by molar-refractivity contribution is 7.14. The standard InChI is InChI=1S/C15H13NO2S/c1-18-13-6-7-19-15(13)14-10(9-17)8-16-12-5-3-2-4-11(12)14/h2-8,17H,9H2,1H3. The number of aliphatic hydroxyl groups is 1. The predicted octanol–water partition coefficient (Wildman–Crippen LogP) is 3.46. The zero-order valence-corrected chi connectivity index (χ0v) is 11.3. The lowest BCUT2D eigenvalue weighted by Gasteiger charge is -2.11. The van der Waals surface area contributed by atoms with E-state index in [2.05, 4.69) is 4.98 Å². The van der Waals surface area contributed by atoms with Gasteiger partial charge in [0, 0.05) is 22.7 Å². The third-order valence-corrected chi connectivity index (χ3v) is 4.01. The highest BCUT2D eigenvalue weighted by atomic mass is 32.1. The number of pyridine rings is 1. The fraction of sp³-hybridized carbons (Fsp3) is 0.133. The van der Waals surface area contributed by atoms with Crippen LogP contribution in [0.2, 0.25) is 0 Å². The highest BCUT2D eigenvalue weighted by Gasteiger charge is 2.15. The molecule has 0 bridgehead atoms. The average Bonchev–Trinajstić information content (AvgIpc) is 2.94. The number of aliphatic hydroxyl groups excluding tert-OH is 1. The van der Waals surface area contributed by atoms with Gasteiger partial charge < -0.3 is 9.84 Å². The van der Waals surface area contributed by atoms with Gasteiger partial charge >= 0.3 is 0 Å². The Morgan fingerprint density at radius 2 is 2.11 bits per heavy atom. The number of ether oxygens (including phenoxy) is 1. The summed E-state index contributed by atoms with van der Waals surface area (Å²) in [6.07, 6.45) is 1.73. The van der Waals surface area contributed by atoms with E-state index in [-0.39, 0.29) is 6.61 Å². The minimum absolute atomic E-state index is 0.0335. The molecule has 0 aliphatic heterocycles. The zero-order valence-electron chi connectivity index (χ0n) is 10.5. The zero-order chi connectivity index (χ0) is 13.2. The van der Waals surface area contributed by atoms with E-state index in [1.54, 1.807) is 24.6 Å². The number of aromatic nitrogens is 1. The molecule has 0 saturated carbocycles. The molecular formula is C15H13NO2S. The Labute approximate surface area is 115 Å². The van der Waals surface area contributed by atoms with Gasteiger partial charge in [-0.2, -0.15) is 0 Å². The lowest BCUT2D eigenvalue weighted by molar-refractivity contribution is 0.282. The number of rotatable bonds is 3. The summed E-state index contributed by atoms with van der Waals surface area (Å²) < 4.78 is 5.40. The maximum absolute atomic E-state index is 9.56. The van der Waals surface area contributed by atoms with Crippen LogP contribution in [-0.2, 0) is 6.61 Å². The van der Waals surface area contributed by atoms with Crippen molar-refractivity contribution < 1.29 is 9.84 Å². The second-order valence-electron chi connectivity index (χ2n) is 4.15. The third-order valence-electron chi connectivity index (χ3n) is 3.10. The van der Waals surface area contributed by atoms with Crippen molar-refractivity contribution in [2.75, 3.05) is 7.11 Å². The quantitative estimate of drug-likeness (QED) is 0.793. The van der Waals surface area contributed by atoms with Crippen molar-refractivity contribution >= 4 is 22.2 Å². The number of hydrogen-bond acceptors (Lipinski definition) is 4. The molecule has 3 rings (SSSR count). The second kappa shape index (κ2) is 4.99. The Morgan fingerprint density at radius 3 is 2.89 bits per heavy atom. The van der Waals surface area contributed by atoms with E-state index in [1.165, 1.54) is 0 Å². The first-order valence-corrected chi connectivity index (χ1v) is 6.82. The van der Waals surface area contributed by atoms with Gasteiger partial charge in [0.15, 0.2) is 0 Å². The van der Waals surface area contributed by atoms with Crippen LogP contribution in [0.1, 0.15) is 5.56 Å². The molecule has 0 amide bonds. The van der Waals surface area contributed by atoms with Crippen LogP contribution in [-0.4, -0.2) is 17.2 Å². The normalized spacial score (nSPS) is 10.8. The molecule has 2 heterocycles. The number of fused-ring (bicyclic) bond motifs is 1. The topological polar surface area (TPSA) is 42.4 Å². The summed E-state index contributed by atoms with van der Waals surface area (Å²) in [5, 5.41) is 12.6. The second-order valence-corrected chi connectivity index (χ2v) is 5.07. The van der Waals surface area contributed by atoms with Crippen LogP contribution in [0.3, 0.4) is 0 Å². The molecule has 0 spiro atoms. The predicted molar refractivity (Wildman–Crippen MR) is 77.5 cm³/mol. The van der Waals surface area contributed by atoms with E-state index in [4.69, 9.17) is 4.74 Å². The molecule has 1 aromatic carbocycles. The largest absolute Gasteiger partial charge is 0.495 e. The highest BCUT2D eigenvalue weighted by Crippen LogP contribution is 2.40. The lowest BCUT2D eigenvalue weighted by Crippen LogP contribution is -1.94. The number of benzene rings is 1. The number of methoxy groups -OCH3 is 1. The summed E-state index contributed by atoms with van der Waals surface area (Å²) in [4.78, 5) is 5.41. The van der Waals surface area contributed by atoms with Gasteiger partial charge in [-0.1, -0.05) is 18.2 Å². The van der Waals surface area contributed by atoms with Crippen LogP contribution in [0, 0.1) is 0 Å². The summed E-state index contributed by atoms with van der Waals surface area (Å²) in [7, 11) is 1.66. The van der Waals surface area contributed by atoms with Gasteiger partial charge in [-0.3, -0.25) is 4.98 Å². The summed E-state index contributed by atoms with van der Waals surface area (Å²) in [5.74, 6) is 0.830. The maximum Gasteiger partial charge on any atom is 0.137 e. The molecule has 0 aliphatic rings. The number of hydrogen-bond donors (Lipinski definition) is 1. The minimum Gasteiger partial charge on any atom is -0.495 e. The lowest BCUT2D eigenvalue weighted by atomic mass is 10.0. The molecule has 4 heteroatoms. The summed E-state index contributed by atoms with van der Waals surface area (Å²) in [5.41, 5.74) is 2.75. The van der Waals surface area contributed by atoms with E-state index in [9.17, 15) is 5.11 Å². The van der Waals surface area contributed by atoms with Gasteiger partial charge in [-0.25, -0.2) is 0 Å². The molecular weight excluding hydrogens is 258 g/mol. The molecule has 0 fully saturated rings. The SMILES string of the molecule is COc1ccsc1-c1c(CO)cnc2ccccc12. The molecule has 19 heavy (non-hydrogen) atoms. The molecule has 1 N–H and O–H groups in total. The van der Waals surface area contributed by atoms with Crippen molar-refractivity contribution in [3.63, 3.8) is 0 Å². The van der Waals surface area contributed by atoms with Crippen LogP contribution in [0.4, 0.5) is 0 Å². The van der Waals surface area contributed by atoms with E-state index in [0.717, 1.165) is 32.7 Å². The summed E-state index contributed by atoms with van der Waals surface area (Å²) in [6.45, 7) is -0.0335. The van der Waals surface area contributed by atoms with Gasteiger partial charge in [0.2, 0.25) is 0 Å². The van der Waals surface area contributed by atoms with Gasteiger partial charge in [0.25, 0.3) is 0 Å². The van der Waals surface area contributed by atoms with Crippen molar-refractivity contribution in [2.45, 2.75) is 6.61 Å². The maximum atomic E-state index is 9.56. The smallest absolute Gasteiger partial charge is 0.137 e. The molecule has 96 valence electrons. The molecule has 0 aliphatic carbocycles. The first-order chi connectivity index (χ1) is 9.35. The van der Waals surface area contributed by atoms with Gasteiger partial charge in [-0.05, 0) is 17.5 Å². The van der Waals surface area contributed by atoms with Crippen molar-refractivity contribution in [2.24, 2.45) is 0 Å². The fourth-order valence-corrected chi connectivity index (χ4v) is 3.17. The van der Waals surface area contributed by atoms with E-state index >= 15 is 0 Å². The number of para-hydroxylation sites is 1. The van der Waals surface area contributed by atoms with E-state index in [0.29, 0.717) is 0 Å². The number of nitrogens with zero attached hydrogens (tertiary/aromatic N) is 1. The van der Waals surface area contributed by atoms with Crippen molar-refractivity contribution in [3.8, 4) is 16.2 Å². The monoisotopic (exact) mass is 271 g/mol. The Balaban J connectivity index is 2.37. The first kappa shape index (κ1) is 12.1. The van der Waals surface area contributed by atoms with Gasteiger partial charge in [0.1, 0.15) is 5.75 Å². The fourth-order valence-electron chi connectivity index (χ4n) is 2.21. The van der Waals surface area contributed by atoms with Crippen LogP contribution < -0.4 is 4.74 Å².